The van der Waals surface area contributed by atoms with E-state index >= 15 is 0 Å². The molecule has 1 amide bonds. The molecule has 1 aromatic carbocycles. The van der Waals surface area contributed by atoms with Gasteiger partial charge in [-0.05, 0) is 50.8 Å². The summed E-state index contributed by atoms with van der Waals surface area (Å²) in [5.74, 6) is -1.20. The number of amides is 1. The summed E-state index contributed by atoms with van der Waals surface area (Å²) in [5.41, 5.74) is 4.30. The third-order valence-electron chi connectivity index (χ3n) is 4.63. The molecule has 0 saturated carbocycles. The van der Waals surface area contributed by atoms with Crippen LogP contribution < -0.4 is 0 Å². The van der Waals surface area contributed by atoms with Crippen molar-refractivity contribution in [1.82, 2.24) is 14.7 Å². The van der Waals surface area contributed by atoms with E-state index in [2.05, 4.69) is 5.10 Å². The van der Waals surface area contributed by atoms with Gasteiger partial charge >= 0.3 is 5.97 Å². The maximum absolute atomic E-state index is 12.8. The minimum absolute atomic E-state index is 0.256. The van der Waals surface area contributed by atoms with Gasteiger partial charge in [0.1, 0.15) is 6.04 Å². The van der Waals surface area contributed by atoms with E-state index in [-0.39, 0.29) is 5.91 Å². The molecule has 1 N–H and O–H groups in total. The van der Waals surface area contributed by atoms with Gasteiger partial charge in [0.25, 0.3) is 5.91 Å². The van der Waals surface area contributed by atoms with Gasteiger partial charge in [-0.1, -0.05) is 12.1 Å². The maximum Gasteiger partial charge on any atom is 0.326 e. The van der Waals surface area contributed by atoms with E-state index in [0.717, 1.165) is 22.5 Å². The van der Waals surface area contributed by atoms with Crippen LogP contribution in [-0.2, 0) is 4.79 Å². The number of carbonyl (C=O) groups excluding carboxylic acids is 1. The lowest BCUT2D eigenvalue weighted by Crippen LogP contribution is -2.40. The Labute approximate surface area is 140 Å². The van der Waals surface area contributed by atoms with Gasteiger partial charge in [0, 0.05) is 6.54 Å². The van der Waals surface area contributed by atoms with E-state index in [0.29, 0.717) is 24.9 Å². The Kier molecular flexibility index (Phi) is 4.13. The summed E-state index contributed by atoms with van der Waals surface area (Å²) in [5, 5.41) is 13.7. The molecule has 0 radical (unpaired) electrons. The van der Waals surface area contributed by atoms with E-state index in [9.17, 15) is 14.7 Å². The Morgan fingerprint density at radius 1 is 1.25 bits per heavy atom. The fraction of sp³-hybridized carbons (Fsp3) is 0.389. The molecule has 0 aliphatic carbocycles. The zero-order chi connectivity index (χ0) is 17.4. The SMILES string of the molecule is Cc1ccc(C)c(-n2ncc(C(=O)N3CCC[C@@H]3C(=O)O)c2C)c1. The molecule has 0 unspecified atom stereocenters. The Morgan fingerprint density at radius 2 is 2.00 bits per heavy atom. The summed E-state index contributed by atoms with van der Waals surface area (Å²) >= 11 is 0. The van der Waals surface area contributed by atoms with Gasteiger partial charge in [0.15, 0.2) is 0 Å². The lowest BCUT2D eigenvalue weighted by atomic mass is 10.1. The molecule has 0 spiro atoms. The fourth-order valence-electron chi connectivity index (χ4n) is 3.23. The van der Waals surface area contributed by atoms with Crippen molar-refractivity contribution in [3.8, 4) is 5.69 Å². The number of hydrogen-bond acceptors (Lipinski definition) is 3. The second-order valence-electron chi connectivity index (χ2n) is 6.34. The second kappa shape index (κ2) is 6.11. The quantitative estimate of drug-likeness (QED) is 0.940. The number of aliphatic carboxylic acids is 1. The fourth-order valence-corrected chi connectivity index (χ4v) is 3.23. The van der Waals surface area contributed by atoms with Crippen LogP contribution in [-0.4, -0.2) is 44.3 Å². The Hall–Kier alpha value is -2.63. The van der Waals surface area contributed by atoms with Crippen molar-refractivity contribution in [2.75, 3.05) is 6.54 Å². The third-order valence-corrected chi connectivity index (χ3v) is 4.63. The minimum Gasteiger partial charge on any atom is -0.480 e. The highest BCUT2D eigenvalue weighted by atomic mass is 16.4. The van der Waals surface area contributed by atoms with Crippen LogP contribution in [0.5, 0.6) is 0 Å². The monoisotopic (exact) mass is 327 g/mol. The lowest BCUT2D eigenvalue weighted by Gasteiger charge is -2.21. The zero-order valence-corrected chi connectivity index (χ0v) is 14.1. The highest BCUT2D eigenvalue weighted by Gasteiger charge is 2.35. The summed E-state index contributed by atoms with van der Waals surface area (Å²) in [6.07, 6.45) is 2.76. The molecule has 1 fully saturated rings. The summed E-state index contributed by atoms with van der Waals surface area (Å²) < 4.78 is 1.75. The summed E-state index contributed by atoms with van der Waals surface area (Å²) in [4.78, 5) is 25.6. The number of carboxylic acid groups (broad SMARTS) is 1. The number of nitrogens with zero attached hydrogens (tertiary/aromatic N) is 3. The molecule has 126 valence electrons. The molecule has 6 heteroatoms. The van der Waals surface area contributed by atoms with Crippen molar-refractivity contribution in [3.05, 3.63) is 46.8 Å². The number of aryl methyl sites for hydroxylation is 2. The van der Waals surface area contributed by atoms with E-state index in [1.54, 1.807) is 4.68 Å². The van der Waals surface area contributed by atoms with Gasteiger partial charge in [-0.3, -0.25) is 4.79 Å². The first-order valence-corrected chi connectivity index (χ1v) is 8.06. The van der Waals surface area contributed by atoms with E-state index in [1.165, 1.54) is 11.1 Å². The molecule has 1 aromatic heterocycles. The predicted octanol–water partition coefficient (Wildman–Crippen LogP) is 2.49. The third kappa shape index (κ3) is 2.68. The first kappa shape index (κ1) is 16.2. The molecule has 1 saturated heterocycles. The molecule has 3 rings (SSSR count). The molecule has 2 aromatic rings. The summed E-state index contributed by atoms with van der Waals surface area (Å²) in [6, 6.07) is 5.35. The molecule has 24 heavy (non-hydrogen) atoms. The molecule has 0 bridgehead atoms. The van der Waals surface area contributed by atoms with Gasteiger partial charge in [0.2, 0.25) is 0 Å². The van der Waals surface area contributed by atoms with Crippen molar-refractivity contribution >= 4 is 11.9 Å². The number of carbonyl (C=O) groups is 2. The van der Waals surface area contributed by atoms with Crippen LogP contribution in [0.1, 0.15) is 40.0 Å². The number of likely N-dealkylation sites (tertiary alicyclic amines) is 1. The van der Waals surface area contributed by atoms with Crippen molar-refractivity contribution in [2.24, 2.45) is 0 Å². The zero-order valence-electron chi connectivity index (χ0n) is 14.1. The molecule has 1 aliphatic heterocycles. The summed E-state index contributed by atoms with van der Waals surface area (Å²) in [6.45, 7) is 6.32. The second-order valence-corrected chi connectivity index (χ2v) is 6.34. The molecule has 2 heterocycles. The molecule has 6 nitrogen and oxygen atoms in total. The highest BCUT2D eigenvalue weighted by Crippen LogP contribution is 2.24. The van der Waals surface area contributed by atoms with Gasteiger partial charge in [-0.25, -0.2) is 9.48 Å². The van der Waals surface area contributed by atoms with Crippen LogP contribution >= 0.6 is 0 Å². The van der Waals surface area contributed by atoms with Crippen LogP contribution in [0.25, 0.3) is 5.69 Å². The van der Waals surface area contributed by atoms with Crippen LogP contribution in [0.3, 0.4) is 0 Å². The van der Waals surface area contributed by atoms with Crippen molar-refractivity contribution in [2.45, 2.75) is 39.7 Å². The molecule has 1 atom stereocenters. The maximum atomic E-state index is 12.8. The smallest absolute Gasteiger partial charge is 0.326 e. The van der Waals surface area contributed by atoms with Crippen molar-refractivity contribution in [3.63, 3.8) is 0 Å². The van der Waals surface area contributed by atoms with Crippen molar-refractivity contribution in [1.29, 1.82) is 0 Å². The molecular weight excluding hydrogens is 306 g/mol. The van der Waals surface area contributed by atoms with Crippen LogP contribution in [0, 0.1) is 20.8 Å². The highest BCUT2D eigenvalue weighted by molar-refractivity contribution is 5.97. The number of aromatic nitrogens is 2. The van der Waals surface area contributed by atoms with Crippen LogP contribution in [0.4, 0.5) is 0 Å². The van der Waals surface area contributed by atoms with Crippen LogP contribution in [0.2, 0.25) is 0 Å². The largest absolute Gasteiger partial charge is 0.480 e. The number of benzene rings is 1. The normalized spacial score (nSPS) is 17.3. The first-order chi connectivity index (χ1) is 11.4. The van der Waals surface area contributed by atoms with Crippen molar-refractivity contribution < 1.29 is 14.7 Å². The van der Waals surface area contributed by atoms with Gasteiger partial charge in [0.05, 0.1) is 23.1 Å². The Morgan fingerprint density at radius 3 is 2.71 bits per heavy atom. The Balaban J connectivity index is 1.97. The van der Waals surface area contributed by atoms with Crippen LogP contribution in [0.15, 0.2) is 24.4 Å². The standard InChI is InChI=1S/C18H21N3O3/c1-11-6-7-12(2)16(9-11)21-13(3)14(10-19-21)17(22)20-8-4-5-15(20)18(23)24/h6-7,9-10,15H,4-5,8H2,1-3H3,(H,23,24)/t15-/m1/s1. The minimum atomic E-state index is -0.944. The van der Waals surface area contributed by atoms with E-state index < -0.39 is 12.0 Å². The van der Waals surface area contributed by atoms with Gasteiger partial charge in [-0.2, -0.15) is 5.10 Å². The van der Waals surface area contributed by atoms with Gasteiger partial charge in [-0.15, -0.1) is 0 Å². The predicted molar refractivity (Wildman–Crippen MR) is 89.5 cm³/mol. The summed E-state index contributed by atoms with van der Waals surface area (Å²) in [7, 11) is 0. The average Bonchev–Trinajstić information content (AvgIpc) is 3.16. The van der Waals surface area contributed by atoms with E-state index in [4.69, 9.17) is 0 Å². The number of rotatable bonds is 3. The molecule has 1 aliphatic rings. The lowest BCUT2D eigenvalue weighted by molar-refractivity contribution is -0.141. The van der Waals surface area contributed by atoms with Gasteiger partial charge < -0.3 is 10.0 Å². The molecular formula is C18H21N3O3. The Bertz CT molecular complexity index is 810. The number of carboxylic acids is 1. The topological polar surface area (TPSA) is 75.4 Å². The average molecular weight is 327 g/mol. The number of hydrogen-bond donors (Lipinski definition) is 1. The first-order valence-electron chi connectivity index (χ1n) is 8.06. The van der Waals surface area contributed by atoms with E-state index in [1.807, 2.05) is 39.0 Å².